The zero-order valence-corrected chi connectivity index (χ0v) is 13.6. The highest BCUT2D eigenvalue weighted by Crippen LogP contribution is 2.12. The summed E-state index contributed by atoms with van der Waals surface area (Å²) in [5.41, 5.74) is 2.31. The number of allylic oxidation sites excluding steroid dienone is 1. The predicted molar refractivity (Wildman–Crippen MR) is 93.3 cm³/mol. The van der Waals surface area contributed by atoms with Crippen molar-refractivity contribution in [1.82, 2.24) is 0 Å². The lowest BCUT2D eigenvalue weighted by Gasteiger charge is -2.01. The first-order chi connectivity index (χ1) is 10.0. The van der Waals surface area contributed by atoms with Crippen molar-refractivity contribution < 1.29 is 9.59 Å². The Bertz CT molecular complexity index is 673. The van der Waals surface area contributed by atoms with E-state index >= 15 is 0 Å². The van der Waals surface area contributed by atoms with Gasteiger partial charge in [0.15, 0.2) is 5.78 Å². The van der Waals surface area contributed by atoms with Gasteiger partial charge < -0.3 is 5.32 Å². The summed E-state index contributed by atoms with van der Waals surface area (Å²) in [5.74, 6) is -0.135. The molecule has 0 atom stereocenters. The number of carbonyl (C=O) groups excluding carboxylic acids is 2. The largest absolute Gasteiger partial charge is 0.326 e. The maximum Gasteiger partial charge on any atom is 0.221 e. The summed E-state index contributed by atoms with van der Waals surface area (Å²) in [6, 6.07) is 14.7. The number of anilines is 1. The molecule has 21 heavy (non-hydrogen) atoms. The van der Waals surface area contributed by atoms with E-state index < -0.39 is 0 Å². The minimum absolute atomic E-state index is 0.0302. The van der Waals surface area contributed by atoms with E-state index in [-0.39, 0.29) is 11.7 Å². The standard InChI is InChI=1S/C17H14INO2/c1-12(20)19-16-9-2-13(3-10-16)4-11-17(21)14-5-7-15(18)8-6-14/h2-11H,1H3,(H,19,20)/b11-4+. The normalized spacial score (nSPS) is 10.6. The number of halogens is 1. The van der Waals surface area contributed by atoms with Gasteiger partial charge in [0.1, 0.15) is 0 Å². The van der Waals surface area contributed by atoms with Gasteiger partial charge in [-0.15, -0.1) is 0 Å². The Hall–Kier alpha value is -1.95. The molecule has 4 heteroatoms. The van der Waals surface area contributed by atoms with Gasteiger partial charge in [0.2, 0.25) is 5.91 Å². The Labute approximate surface area is 137 Å². The van der Waals surface area contributed by atoms with E-state index in [9.17, 15) is 9.59 Å². The van der Waals surface area contributed by atoms with Crippen LogP contribution in [0.4, 0.5) is 5.69 Å². The molecule has 0 fully saturated rings. The van der Waals surface area contributed by atoms with Gasteiger partial charge >= 0.3 is 0 Å². The summed E-state index contributed by atoms with van der Waals surface area (Å²) in [7, 11) is 0. The molecule has 0 heterocycles. The van der Waals surface area contributed by atoms with Gasteiger partial charge in [-0.2, -0.15) is 0 Å². The highest BCUT2D eigenvalue weighted by molar-refractivity contribution is 14.1. The van der Waals surface area contributed by atoms with E-state index in [4.69, 9.17) is 0 Å². The Morgan fingerprint density at radius 3 is 2.19 bits per heavy atom. The molecule has 0 unspecified atom stereocenters. The second kappa shape index (κ2) is 7.17. The van der Waals surface area contributed by atoms with E-state index in [1.165, 1.54) is 6.92 Å². The van der Waals surface area contributed by atoms with Crippen molar-refractivity contribution in [2.75, 3.05) is 5.32 Å². The number of benzene rings is 2. The third-order valence-electron chi connectivity index (χ3n) is 2.79. The average Bonchev–Trinajstić information content (AvgIpc) is 2.46. The molecule has 0 spiro atoms. The summed E-state index contributed by atoms with van der Waals surface area (Å²) in [6.45, 7) is 1.47. The van der Waals surface area contributed by atoms with E-state index in [1.807, 2.05) is 36.4 Å². The van der Waals surface area contributed by atoms with Gasteiger partial charge in [-0.1, -0.05) is 30.3 Å². The van der Waals surface area contributed by atoms with Crippen LogP contribution in [0.2, 0.25) is 0 Å². The van der Waals surface area contributed by atoms with Gasteiger partial charge in [-0.05, 0) is 58.5 Å². The summed E-state index contributed by atoms with van der Waals surface area (Å²) in [5, 5.41) is 2.70. The number of ketones is 1. The molecule has 1 N–H and O–H groups in total. The highest BCUT2D eigenvalue weighted by Gasteiger charge is 2.01. The zero-order chi connectivity index (χ0) is 15.2. The lowest BCUT2D eigenvalue weighted by Crippen LogP contribution is -2.05. The van der Waals surface area contributed by atoms with Crippen molar-refractivity contribution in [3.05, 3.63) is 69.3 Å². The summed E-state index contributed by atoms with van der Waals surface area (Å²) < 4.78 is 1.10. The Morgan fingerprint density at radius 1 is 1.00 bits per heavy atom. The molecule has 0 aliphatic heterocycles. The number of hydrogen-bond acceptors (Lipinski definition) is 2. The predicted octanol–water partition coefficient (Wildman–Crippen LogP) is 4.15. The SMILES string of the molecule is CC(=O)Nc1ccc(/C=C/C(=O)c2ccc(I)cc2)cc1. The molecule has 0 aromatic heterocycles. The Kier molecular flexibility index (Phi) is 5.27. The average molecular weight is 391 g/mol. The van der Waals surface area contributed by atoms with Crippen molar-refractivity contribution in [3.8, 4) is 0 Å². The maximum absolute atomic E-state index is 12.0. The fourth-order valence-corrected chi connectivity index (χ4v) is 2.12. The third kappa shape index (κ3) is 4.82. The lowest BCUT2D eigenvalue weighted by atomic mass is 10.1. The molecular formula is C17H14INO2. The van der Waals surface area contributed by atoms with Crippen LogP contribution < -0.4 is 5.32 Å². The fourth-order valence-electron chi connectivity index (χ4n) is 1.76. The molecule has 106 valence electrons. The van der Waals surface area contributed by atoms with Crippen LogP contribution in [0.25, 0.3) is 6.08 Å². The number of rotatable bonds is 4. The second-order valence-electron chi connectivity index (χ2n) is 4.51. The van der Waals surface area contributed by atoms with Gasteiger partial charge in [-0.25, -0.2) is 0 Å². The zero-order valence-electron chi connectivity index (χ0n) is 11.5. The third-order valence-corrected chi connectivity index (χ3v) is 3.51. The molecule has 2 aromatic rings. The Balaban J connectivity index is 2.05. The van der Waals surface area contributed by atoms with Crippen molar-refractivity contribution in [2.24, 2.45) is 0 Å². The molecule has 0 saturated carbocycles. The molecule has 2 rings (SSSR count). The van der Waals surface area contributed by atoms with E-state index in [0.29, 0.717) is 5.56 Å². The molecular weight excluding hydrogens is 377 g/mol. The van der Waals surface area contributed by atoms with Crippen molar-refractivity contribution in [2.45, 2.75) is 6.92 Å². The summed E-state index contributed by atoms with van der Waals surface area (Å²) in [4.78, 5) is 22.9. The number of amides is 1. The first-order valence-electron chi connectivity index (χ1n) is 6.40. The van der Waals surface area contributed by atoms with Crippen LogP contribution in [-0.4, -0.2) is 11.7 Å². The molecule has 0 bridgehead atoms. The number of carbonyl (C=O) groups is 2. The van der Waals surface area contributed by atoms with Gasteiger partial charge in [0.05, 0.1) is 0 Å². The van der Waals surface area contributed by atoms with Crippen molar-refractivity contribution in [1.29, 1.82) is 0 Å². The van der Waals surface area contributed by atoms with Crippen molar-refractivity contribution >= 4 is 46.0 Å². The Morgan fingerprint density at radius 2 is 1.62 bits per heavy atom. The van der Waals surface area contributed by atoms with Crippen LogP contribution >= 0.6 is 22.6 Å². The topological polar surface area (TPSA) is 46.2 Å². The summed E-state index contributed by atoms with van der Waals surface area (Å²) >= 11 is 2.20. The molecule has 3 nitrogen and oxygen atoms in total. The van der Waals surface area contributed by atoms with Crippen LogP contribution in [0, 0.1) is 3.57 Å². The first kappa shape index (κ1) is 15.4. The van der Waals surface area contributed by atoms with Crippen molar-refractivity contribution in [3.63, 3.8) is 0 Å². The monoisotopic (exact) mass is 391 g/mol. The fraction of sp³-hybridized carbons (Fsp3) is 0.0588. The minimum atomic E-state index is -0.104. The number of nitrogens with one attached hydrogen (secondary N) is 1. The first-order valence-corrected chi connectivity index (χ1v) is 7.48. The molecule has 1 amide bonds. The lowest BCUT2D eigenvalue weighted by molar-refractivity contribution is -0.114. The van der Waals surface area contributed by atoms with Crippen LogP contribution in [0.1, 0.15) is 22.8 Å². The van der Waals surface area contributed by atoms with Crippen LogP contribution in [-0.2, 0) is 4.79 Å². The van der Waals surface area contributed by atoms with E-state index in [1.54, 1.807) is 24.3 Å². The quantitative estimate of drug-likeness (QED) is 0.484. The van der Waals surface area contributed by atoms with Crippen LogP contribution in [0.15, 0.2) is 54.6 Å². The van der Waals surface area contributed by atoms with E-state index in [0.717, 1.165) is 14.8 Å². The molecule has 0 radical (unpaired) electrons. The molecule has 2 aromatic carbocycles. The van der Waals surface area contributed by atoms with Gasteiger partial charge in [-0.3, -0.25) is 9.59 Å². The highest BCUT2D eigenvalue weighted by atomic mass is 127. The minimum Gasteiger partial charge on any atom is -0.326 e. The molecule has 0 aliphatic rings. The van der Waals surface area contributed by atoms with Gasteiger partial charge in [0.25, 0.3) is 0 Å². The van der Waals surface area contributed by atoms with Gasteiger partial charge in [0, 0.05) is 21.7 Å². The summed E-state index contributed by atoms with van der Waals surface area (Å²) in [6.07, 6.45) is 3.31. The van der Waals surface area contributed by atoms with Crippen LogP contribution in [0.5, 0.6) is 0 Å². The second-order valence-corrected chi connectivity index (χ2v) is 5.75. The number of hydrogen-bond donors (Lipinski definition) is 1. The molecule has 0 aliphatic carbocycles. The maximum atomic E-state index is 12.0. The van der Waals surface area contributed by atoms with Crippen LogP contribution in [0.3, 0.4) is 0 Å². The van der Waals surface area contributed by atoms with E-state index in [2.05, 4.69) is 27.9 Å². The smallest absolute Gasteiger partial charge is 0.221 e. The molecule has 0 saturated heterocycles.